The third-order valence-corrected chi connectivity index (χ3v) is 2.24. The highest BCUT2D eigenvalue weighted by Crippen LogP contribution is 2.21. The minimum Gasteiger partial charge on any atom is -0.480 e. The van der Waals surface area contributed by atoms with E-state index in [1.165, 1.54) is 26.1 Å². The normalized spacial score (nSPS) is 11.8. The van der Waals surface area contributed by atoms with Crippen LogP contribution in [-0.2, 0) is 4.79 Å². The molecule has 0 spiro atoms. The summed E-state index contributed by atoms with van der Waals surface area (Å²) < 4.78 is 18.3. The first-order valence-corrected chi connectivity index (χ1v) is 5.14. The number of nitrogens with one attached hydrogen (secondary N) is 1. The van der Waals surface area contributed by atoms with Gasteiger partial charge in [-0.3, -0.25) is 9.59 Å². The lowest BCUT2D eigenvalue weighted by Gasteiger charge is -2.15. The quantitative estimate of drug-likeness (QED) is 0.811. The molecule has 1 aromatic rings. The lowest BCUT2D eigenvalue weighted by Crippen LogP contribution is -2.34. The number of rotatable bonds is 4. The summed E-state index contributed by atoms with van der Waals surface area (Å²) in [7, 11) is 1.48. The largest absolute Gasteiger partial charge is 0.480 e. The predicted octanol–water partition coefficient (Wildman–Crippen LogP) is 1.54. The maximum Gasteiger partial charge on any atom is 0.260 e. The number of halogens is 1. The van der Waals surface area contributed by atoms with Gasteiger partial charge in [-0.15, -0.1) is 0 Å². The highest BCUT2D eigenvalue weighted by Gasteiger charge is 2.16. The van der Waals surface area contributed by atoms with Gasteiger partial charge in [0.05, 0.1) is 5.56 Å². The van der Waals surface area contributed by atoms with E-state index in [0.29, 0.717) is 0 Å². The van der Waals surface area contributed by atoms with Crippen LogP contribution in [0.25, 0.3) is 0 Å². The van der Waals surface area contributed by atoms with Gasteiger partial charge in [-0.2, -0.15) is 0 Å². The molecular weight excluding hydrogens is 225 g/mol. The lowest BCUT2D eigenvalue weighted by molar-refractivity contribution is -0.126. The van der Waals surface area contributed by atoms with E-state index in [4.69, 9.17) is 4.74 Å². The fourth-order valence-electron chi connectivity index (χ4n) is 1.33. The fraction of sp³-hybridized carbons (Fsp3) is 0.333. The topological polar surface area (TPSA) is 55.4 Å². The zero-order chi connectivity index (χ0) is 13.0. The summed E-state index contributed by atoms with van der Waals surface area (Å²) in [5.41, 5.74) is 0.126. The Hall–Kier alpha value is -1.91. The number of likely N-dealkylation sites (N-methyl/N-ethyl adjacent to an activating group) is 1. The molecule has 0 radical (unpaired) electrons. The van der Waals surface area contributed by atoms with Crippen molar-refractivity contribution in [1.82, 2.24) is 5.32 Å². The molecule has 0 aliphatic carbocycles. The van der Waals surface area contributed by atoms with Crippen molar-refractivity contribution in [2.75, 3.05) is 7.05 Å². The molecular formula is C12H14FNO3. The first kappa shape index (κ1) is 13.2. The van der Waals surface area contributed by atoms with Gasteiger partial charge in [0, 0.05) is 7.05 Å². The standard InChI is InChI=1S/C12H14FNO3/c1-7(15)10-6-9(13)4-5-11(10)17-8(2)12(16)14-3/h4-6,8H,1-3H3,(H,14,16). The molecule has 0 bridgehead atoms. The van der Waals surface area contributed by atoms with Gasteiger partial charge in [-0.05, 0) is 32.0 Å². The van der Waals surface area contributed by atoms with Crippen LogP contribution in [0.1, 0.15) is 24.2 Å². The van der Waals surface area contributed by atoms with Crippen LogP contribution in [0.3, 0.4) is 0 Å². The Morgan fingerprint density at radius 1 is 1.41 bits per heavy atom. The van der Waals surface area contributed by atoms with Crippen LogP contribution >= 0.6 is 0 Å². The van der Waals surface area contributed by atoms with E-state index in [9.17, 15) is 14.0 Å². The molecule has 5 heteroatoms. The van der Waals surface area contributed by atoms with Crippen LogP contribution in [0.2, 0.25) is 0 Å². The van der Waals surface area contributed by atoms with Crippen molar-refractivity contribution in [2.24, 2.45) is 0 Å². The second-order valence-electron chi connectivity index (χ2n) is 3.57. The number of carbonyl (C=O) groups is 2. The molecule has 0 heterocycles. The van der Waals surface area contributed by atoms with Crippen molar-refractivity contribution in [3.8, 4) is 5.75 Å². The highest BCUT2D eigenvalue weighted by atomic mass is 19.1. The van der Waals surface area contributed by atoms with Crippen LogP contribution in [-0.4, -0.2) is 24.8 Å². The van der Waals surface area contributed by atoms with Crippen LogP contribution in [0.5, 0.6) is 5.75 Å². The minimum atomic E-state index is -0.747. The number of amides is 1. The van der Waals surface area contributed by atoms with Crippen LogP contribution in [0.4, 0.5) is 4.39 Å². The van der Waals surface area contributed by atoms with Crippen molar-refractivity contribution >= 4 is 11.7 Å². The third kappa shape index (κ3) is 3.27. The number of hydrogen-bond acceptors (Lipinski definition) is 3. The number of Topliss-reactive ketones (excluding diaryl/α,β-unsaturated/α-hetero) is 1. The molecule has 92 valence electrons. The Labute approximate surface area is 98.8 Å². The second-order valence-corrected chi connectivity index (χ2v) is 3.57. The van der Waals surface area contributed by atoms with Gasteiger partial charge in [-0.1, -0.05) is 0 Å². The molecule has 1 atom stereocenters. The minimum absolute atomic E-state index is 0.126. The van der Waals surface area contributed by atoms with Gasteiger partial charge in [0.15, 0.2) is 11.9 Å². The van der Waals surface area contributed by atoms with Gasteiger partial charge in [0.25, 0.3) is 5.91 Å². The Morgan fingerprint density at radius 3 is 2.59 bits per heavy atom. The van der Waals surface area contributed by atoms with Gasteiger partial charge in [0.1, 0.15) is 11.6 Å². The van der Waals surface area contributed by atoms with E-state index >= 15 is 0 Å². The highest BCUT2D eigenvalue weighted by molar-refractivity contribution is 5.97. The molecule has 4 nitrogen and oxygen atoms in total. The van der Waals surface area contributed by atoms with E-state index in [2.05, 4.69) is 5.32 Å². The summed E-state index contributed by atoms with van der Waals surface area (Å²) in [5, 5.41) is 2.42. The fourth-order valence-corrected chi connectivity index (χ4v) is 1.33. The Bertz CT molecular complexity index is 445. The maximum atomic E-state index is 13.0. The molecule has 0 aromatic heterocycles. The SMILES string of the molecule is CNC(=O)C(C)Oc1ccc(F)cc1C(C)=O. The summed E-state index contributed by atoms with van der Waals surface area (Å²) >= 11 is 0. The number of benzene rings is 1. The van der Waals surface area contributed by atoms with Gasteiger partial charge >= 0.3 is 0 Å². The molecule has 0 saturated heterocycles. The van der Waals surface area contributed by atoms with E-state index in [-0.39, 0.29) is 23.0 Å². The summed E-state index contributed by atoms with van der Waals surface area (Å²) in [5.74, 6) is -0.947. The number of ketones is 1. The molecule has 0 aliphatic heterocycles. The van der Waals surface area contributed by atoms with Crippen molar-refractivity contribution in [3.63, 3.8) is 0 Å². The van der Waals surface area contributed by atoms with E-state index in [1.54, 1.807) is 6.92 Å². The van der Waals surface area contributed by atoms with Gasteiger partial charge in [0.2, 0.25) is 0 Å². The monoisotopic (exact) mass is 239 g/mol. The lowest BCUT2D eigenvalue weighted by atomic mass is 10.1. The maximum absolute atomic E-state index is 13.0. The van der Waals surface area contributed by atoms with Crippen molar-refractivity contribution in [2.45, 2.75) is 20.0 Å². The average Bonchev–Trinajstić information content (AvgIpc) is 2.29. The zero-order valence-electron chi connectivity index (χ0n) is 9.91. The predicted molar refractivity (Wildman–Crippen MR) is 60.6 cm³/mol. The van der Waals surface area contributed by atoms with Crippen molar-refractivity contribution < 1.29 is 18.7 Å². The first-order valence-electron chi connectivity index (χ1n) is 5.14. The Morgan fingerprint density at radius 2 is 2.06 bits per heavy atom. The molecule has 17 heavy (non-hydrogen) atoms. The molecule has 0 saturated carbocycles. The molecule has 0 aliphatic rings. The van der Waals surface area contributed by atoms with E-state index in [0.717, 1.165) is 6.07 Å². The number of hydrogen-bond donors (Lipinski definition) is 1. The smallest absolute Gasteiger partial charge is 0.260 e. The summed E-state index contributed by atoms with van der Waals surface area (Å²) in [4.78, 5) is 22.6. The summed E-state index contributed by atoms with van der Waals surface area (Å²) in [6, 6.07) is 3.61. The molecule has 0 fully saturated rings. The number of carbonyl (C=O) groups excluding carboxylic acids is 2. The molecule has 1 rings (SSSR count). The van der Waals surface area contributed by atoms with Crippen LogP contribution in [0.15, 0.2) is 18.2 Å². The molecule has 1 amide bonds. The third-order valence-electron chi connectivity index (χ3n) is 2.24. The average molecular weight is 239 g/mol. The number of ether oxygens (including phenoxy) is 1. The van der Waals surface area contributed by atoms with Crippen LogP contribution < -0.4 is 10.1 Å². The summed E-state index contributed by atoms with van der Waals surface area (Å²) in [6.07, 6.45) is -0.747. The van der Waals surface area contributed by atoms with Crippen LogP contribution in [0, 0.1) is 5.82 Å². The zero-order valence-corrected chi connectivity index (χ0v) is 9.91. The Kier molecular flexibility index (Phi) is 4.20. The second kappa shape index (κ2) is 5.43. The molecule has 1 unspecified atom stereocenters. The molecule has 1 aromatic carbocycles. The first-order chi connectivity index (χ1) is 7.95. The summed E-state index contributed by atoms with van der Waals surface area (Å²) in [6.45, 7) is 2.86. The van der Waals surface area contributed by atoms with Gasteiger partial charge in [-0.25, -0.2) is 4.39 Å². The van der Waals surface area contributed by atoms with Gasteiger partial charge < -0.3 is 10.1 Å². The Balaban J connectivity index is 2.98. The van der Waals surface area contributed by atoms with Crippen molar-refractivity contribution in [1.29, 1.82) is 0 Å². The van der Waals surface area contributed by atoms with E-state index < -0.39 is 11.9 Å². The van der Waals surface area contributed by atoms with Crippen molar-refractivity contribution in [3.05, 3.63) is 29.6 Å². The van der Waals surface area contributed by atoms with E-state index in [1.807, 2.05) is 0 Å². The molecule has 1 N–H and O–H groups in total.